The molecular weight excluding hydrogens is 376 g/mol. The molecule has 0 spiro atoms. The lowest BCUT2D eigenvalue weighted by molar-refractivity contribution is -0.127. The number of nitrogens with one attached hydrogen (secondary N) is 1. The van der Waals surface area contributed by atoms with Crippen molar-refractivity contribution in [3.63, 3.8) is 0 Å². The molecule has 2 aromatic rings. The van der Waals surface area contributed by atoms with E-state index in [1.165, 1.54) is 5.56 Å². The largest absolute Gasteiger partial charge is 0.497 e. The number of hydrogen-bond acceptors (Lipinski definition) is 4. The van der Waals surface area contributed by atoms with Gasteiger partial charge in [-0.15, -0.1) is 0 Å². The lowest BCUT2D eigenvalue weighted by Crippen LogP contribution is -2.45. The molecule has 5 heteroatoms. The monoisotopic (exact) mass is 408 g/mol. The Morgan fingerprint density at radius 3 is 2.60 bits per heavy atom. The Morgan fingerprint density at radius 2 is 1.90 bits per heavy atom. The van der Waals surface area contributed by atoms with E-state index in [9.17, 15) is 4.79 Å². The number of benzene rings is 2. The van der Waals surface area contributed by atoms with Gasteiger partial charge in [0.15, 0.2) is 0 Å². The molecule has 1 saturated heterocycles. The van der Waals surface area contributed by atoms with Crippen LogP contribution in [0.4, 0.5) is 0 Å². The van der Waals surface area contributed by atoms with Crippen molar-refractivity contribution in [3.05, 3.63) is 59.7 Å². The van der Waals surface area contributed by atoms with E-state index in [1.807, 2.05) is 24.3 Å². The van der Waals surface area contributed by atoms with Crippen molar-refractivity contribution < 1.29 is 14.3 Å². The summed E-state index contributed by atoms with van der Waals surface area (Å²) in [7, 11) is 1.66. The number of carbonyl (C=O) groups excluding carboxylic acids is 1. The first-order valence-corrected chi connectivity index (χ1v) is 10.9. The van der Waals surface area contributed by atoms with Gasteiger partial charge in [0.25, 0.3) is 0 Å². The molecule has 160 valence electrons. The first-order chi connectivity index (χ1) is 14.4. The Balaban J connectivity index is 1.38. The Labute approximate surface area is 179 Å². The third-order valence-corrected chi connectivity index (χ3v) is 6.20. The van der Waals surface area contributed by atoms with Crippen LogP contribution in [0.15, 0.2) is 48.5 Å². The maximum absolute atomic E-state index is 13.1. The lowest BCUT2D eigenvalue weighted by atomic mass is 9.88. The SMILES string of the molecule is COc1ccc2c(c1)[C@H](NC(=O)C1CCN(Cc3ccccc3)CC1)CC(C)(C)O2. The van der Waals surface area contributed by atoms with E-state index in [2.05, 4.69) is 48.3 Å². The predicted molar refractivity (Wildman–Crippen MR) is 118 cm³/mol. The fourth-order valence-electron chi connectivity index (χ4n) is 4.57. The van der Waals surface area contributed by atoms with Crippen LogP contribution in [0.2, 0.25) is 0 Å². The zero-order valence-corrected chi connectivity index (χ0v) is 18.2. The van der Waals surface area contributed by atoms with Crippen LogP contribution < -0.4 is 14.8 Å². The van der Waals surface area contributed by atoms with E-state index in [0.717, 1.165) is 56.0 Å². The number of nitrogens with zero attached hydrogens (tertiary/aromatic N) is 1. The molecule has 30 heavy (non-hydrogen) atoms. The summed E-state index contributed by atoms with van der Waals surface area (Å²) < 4.78 is 11.5. The molecule has 1 fully saturated rings. The second kappa shape index (κ2) is 8.68. The van der Waals surface area contributed by atoms with Crippen molar-refractivity contribution in [3.8, 4) is 11.5 Å². The van der Waals surface area contributed by atoms with Crippen LogP contribution in [0.3, 0.4) is 0 Å². The van der Waals surface area contributed by atoms with Crippen LogP contribution in [-0.2, 0) is 11.3 Å². The number of rotatable bonds is 5. The number of methoxy groups -OCH3 is 1. The van der Waals surface area contributed by atoms with Gasteiger partial charge in [-0.3, -0.25) is 9.69 Å². The highest BCUT2D eigenvalue weighted by atomic mass is 16.5. The van der Waals surface area contributed by atoms with Gasteiger partial charge in [0.1, 0.15) is 17.1 Å². The topological polar surface area (TPSA) is 50.8 Å². The average molecular weight is 409 g/mol. The Kier molecular flexibility index (Phi) is 6.00. The second-order valence-corrected chi connectivity index (χ2v) is 9.07. The van der Waals surface area contributed by atoms with Crippen LogP contribution >= 0.6 is 0 Å². The van der Waals surface area contributed by atoms with E-state index in [1.54, 1.807) is 7.11 Å². The standard InChI is InChI=1S/C25H32N2O3/c1-25(2)16-22(21-15-20(29-3)9-10-23(21)30-25)26-24(28)19-11-13-27(14-12-19)17-18-7-5-4-6-8-18/h4-10,15,19,22H,11-14,16-17H2,1-3H3,(H,26,28)/t22-/m1/s1. The number of likely N-dealkylation sites (tertiary alicyclic amines) is 1. The van der Waals surface area contributed by atoms with Crippen molar-refractivity contribution >= 4 is 5.91 Å². The molecular formula is C25H32N2O3. The normalized spacial score (nSPS) is 21.4. The number of amides is 1. The van der Waals surface area contributed by atoms with E-state index >= 15 is 0 Å². The number of fused-ring (bicyclic) bond motifs is 1. The maximum Gasteiger partial charge on any atom is 0.223 e. The summed E-state index contributed by atoms with van der Waals surface area (Å²) in [5.74, 6) is 1.84. The predicted octanol–water partition coefficient (Wildman–Crippen LogP) is 4.33. The highest BCUT2D eigenvalue weighted by Gasteiger charge is 2.36. The first kappa shape index (κ1) is 20.7. The first-order valence-electron chi connectivity index (χ1n) is 10.9. The average Bonchev–Trinajstić information content (AvgIpc) is 2.74. The van der Waals surface area contributed by atoms with Gasteiger partial charge in [-0.2, -0.15) is 0 Å². The summed E-state index contributed by atoms with van der Waals surface area (Å²) in [6.45, 7) is 7.01. The minimum Gasteiger partial charge on any atom is -0.497 e. The van der Waals surface area contributed by atoms with Gasteiger partial charge in [-0.25, -0.2) is 0 Å². The van der Waals surface area contributed by atoms with Gasteiger partial charge >= 0.3 is 0 Å². The van der Waals surface area contributed by atoms with E-state index in [-0.39, 0.29) is 23.5 Å². The van der Waals surface area contributed by atoms with Crippen molar-refractivity contribution in [1.29, 1.82) is 0 Å². The van der Waals surface area contributed by atoms with Crippen molar-refractivity contribution in [2.24, 2.45) is 5.92 Å². The molecule has 0 bridgehead atoms. The molecule has 5 nitrogen and oxygen atoms in total. The van der Waals surface area contributed by atoms with Crippen molar-refractivity contribution in [1.82, 2.24) is 10.2 Å². The highest BCUT2D eigenvalue weighted by molar-refractivity contribution is 5.79. The number of piperidine rings is 1. The molecule has 2 aliphatic rings. The highest BCUT2D eigenvalue weighted by Crippen LogP contribution is 2.41. The fourth-order valence-corrected chi connectivity index (χ4v) is 4.57. The molecule has 0 aliphatic carbocycles. The molecule has 2 aliphatic heterocycles. The van der Waals surface area contributed by atoms with Gasteiger partial charge in [-0.05, 0) is 63.5 Å². The molecule has 2 aromatic carbocycles. The lowest BCUT2D eigenvalue weighted by Gasteiger charge is -2.39. The van der Waals surface area contributed by atoms with E-state index in [0.29, 0.717) is 0 Å². The van der Waals surface area contributed by atoms with Gasteiger partial charge in [0.05, 0.1) is 13.2 Å². The molecule has 2 heterocycles. The molecule has 1 N–H and O–H groups in total. The third-order valence-electron chi connectivity index (χ3n) is 6.20. The Bertz CT molecular complexity index is 873. The van der Waals surface area contributed by atoms with Crippen LogP contribution in [-0.4, -0.2) is 36.6 Å². The van der Waals surface area contributed by atoms with E-state index < -0.39 is 0 Å². The zero-order chi connectivity index (χ0) is 21.1. The summed E-state index contributed by atoms with van der Waals surface area (Å²) in [4.78, 5) is 15.5. The molecule has 1 atom stereocenters. The van der Waals surface area contributed by atoms with Gasteiger partial charge < -0.3 is 14.8 Å². The van der Waals surface area contributed by atoms with E-state index in [4.69, 9.17) is 9.47 Å². The molecule has 0 aromatic heterocycles. The molecule has 1 amide bonds. The van der Waals surface area contributed by atoms with Crippen molar-refractivity contribution in [2.45, 2.75) is 51.3 Å². The van der Waals surface area contributed by atoms with Crippen LogP contribution in [0, 0.1) is 5.92 Å². The summed E-state index contributed by atoms with van der Waals surface area (Å²) in [5, 5.41) is 3.32. The number of carbonyl (C=O) groups is 1. The van der Waals surface area contributed by atoms with Crippen LogP contribution in [0.1, 0.15) is 50.3 Å². The van der Waals surface area contributed by atoms with Crippen LogP contribution in [0.5, 0.6) is 11.5 Å². The van der Waals surface area contributed by atoms with Crippen LogP contribution in [0.25, 0.3) is 0 Å². The third kappa shape index (κ3) is 4.78. The minimum absolute atomic E-state index is 0.0614. The molecule has 0 saturated carbocycles. The molecule has 0 unspecified atom stereocenters. The number of hydrogen-bond donors (Lipinski definition) is 1. The Morgan fingerprint density at radius 1 is 1.17 bits per heavy atom. The summed E-state index contributed by atoms with van der Waals surface area (Å²) in [6.07, 6.45) is 2.54. The summed E-state index contributed by atoms with van der Waals surface area (Å²) in [6, 6.07) is 16.3. The summed E-state index contributed by atoms with van der Waals surface area (Å²) in [5.41, 5.74) is 2.01. The van der Waals surface area contributed by atoms with Gasteiger partial charge in [-0.1, -0.05) is 30.3 Å². The van der Waals surface area contributed by atoms with Gasteiger partial charge in [0.2, 0.25) is 5.91 Å². The zero-order valence-electron chi connectivity index (χ0n) is 18.2. The summed E-state index contributed by atoms with van der Waals surface area (Å²) >= 11 is 0. The minimum atomic E-state index is -0.321. The quantitative estimate of drug-likeness (QED) is 0.800. The molecule has 4 rings (SSSR count). The smallest absolute Gasteiger partial charge is 0.223 e. The van der Waals surface area contributed by atoms with Gasteiger partial charge in [0, 0.05) is 24.4 Å². The Hall–Kier alpha value is -2.53. The molecule has 0 radical (unpaired) electrons. The maximum atomic E-state index is 13.1. The number of ether oxygens (including phenoxy) is 2. The second-order valence-electron chi connectivity index (χ2n) is 9.07. The fraction of sp³-hybridized carbons (Fsp3) is 0.480. The van der Waals surface area contributed by atoms with Crippen molar-refractivity contribution in [2.75, 3.05) is 20.2 Å².